The predicted molar refractivity (Wildman–Crippen MR) is 115 cm³/mol. The molecule has 2 aromatic carbocycles. The number of nitrogen functional groups attached to an aromatic ring is 1. The number of carbonyl (C=O) groups excluding carboxylic acids is 1. The van der Waals surface area contributed by atoms with Gasteiger partial charge in [0, 0.05) is 27.9 Å². The number of benzene rings is 2. The number of hydrogen-bond donors (Lipinski definition) is 3. The first-order valence-electron chi connectivity index (χ1n) is 8.91. The van der Waals surface area contributed by atoms with Crippen LogP contribution in [0.1, 0.15) is 15.9 Å². The van der Waals surface area contributed by atoms with Crippen LogP contribution in [0.2, 0.25) is 5.02 Å². The van der Waals surface area contributed by atoms with E-state index in [1.807, 2.05) is 43.3 Å². The number of nitrogens with one attached hydrogen (secondary N) is 1. The van der Waals surface area contributed by atoms with E-state index >= 15 is 0 Å². The van der Waals surface area contributed by atoms with E-state index in [4.69, 9.17) is 23.1 Å². The van der Waals surface area contributed by atoms with Gasteiger partial charge in [-0.2, -0.15) is 0 Å². The van der Waals surface area contributed by atoms with E-state index in [1.165, 1.54) is 0 Å². The number of H-pyrrole nitrogens is 1. The lowest BCUT2D eigenvalue weighted by Crippen LogP contribution is -2.12. The summed E-state index contributed by atoms with van der Waals surface area (Å²) in [6, 6.07) is 16.6. The minimum atomic E-state index is -0.497. The van der Waals surface area contributed by atoms with Gasteiger partial charge in [0.2, 0.25) is 11.9 Å². The molecule has 0 aliphatic heterocycles. The molecule has 0 bridgehead atoms. The van der Waals surface area contributed by atoms with Gasteiger partial charge in [-0.3, -0.25) is 4.79 Å². The van der Waals surface area contributed by atoms with Gasteiger partial charge in [0.15, 0.2) is 0 Å². The molecule has 0 saturated heterocycles. The smallest absolute Gasteiger partial charge is 0.249 e. The summed E-state index contributed by atoms with van der Waals surface area (Å²) < 4.78 is 0. The van der Waals surface area contributed by atoms with Crippen molar-refractivity contribution in [2.45, 2.75) is 6.92 Å². The molecule has 2 heterocycles. The second-order valence-corrected chi connectivity index (χ2v) is 7.08. The number of aromatic amines is 1. The molecule has 0 spiro atoms. The Kier molecular flexibility index (Phi) is 4.78. The number of nitrogens with two attached hydrogens (primary N) is 2. The number of carbonyl (C=O) groups is 1. The average molecular weight is 404 g/mol. The molecular formula is C22H18ClN5O. The first-order valence-corrected chi connectivity index (χ1v) is 9.29. The van der Waals surface area contributed by atoms with E-state index in [9.17, 15) is 4.79 Å². The summed E-state index contributed by atoms with van der Waals surface area (Å²) in [6.45, 7) is 2.00. The SMILES string of the molecule is Cc1ccc(Cl)cc1-c1[nH]c(-c2ccnc(N)n2)cc1-c1ccccc1C(N)=O. The fraction of sp³-hybridized carbons (Fsp3) is 0.0455. The van der Waals surface area contributed by atoms with E-state index in [0.29, 0.717) is 16.3 Å². The fourth-order valence-electron chi connectivity index (χ4n) is 3.34. The Hall–Kier alpha value is -3.64. The second kappa shape index (κ2) is 7.41. The molecule has 0 unspecified atom stereocenters. The lowest BCUT2D eigenvalue weighted by atomic mass is 9.95. The van der Waals surface area contributed by atoms with Crippen molar-refractivity contribution in [1.29, 1.82) is 0 Å². The first kappa shape index (κ1) is 18.7. The van der Waals surface area contributed by atoms with Gasteiger partial charge in [-0.1, -0.05) is 35.9 Å². The number of hydrogen-bond acceptors (Lipinski definition) is 4. The molecular weight excluding hydrogens is 386 g/mol. The number of aromatic nitrogens is 3. The summed E-state index contributed by atoms with van der Waals surface area (Å²) in [7, 11) is 0. The predicted octanol–water partition coefficient (Wildman–Crippen LogP) is 4.45. The van der Waals surface area contributed by atoms with Gasteiger partial charge in [0.05, 0.1) is 17.1 Å². The lowest BCUT2D eigenvalue weighted by Gasteiger charge is -2.11. The van der Waals surface area contributed by atoms with Crippen molar-refractivity contribution in [2.75, 3.05) is 5.73 Å². The normalized spacial score (nSPS) is 10.8. The molecule has 4 rings (SSSR count). The Balaban J connectivity index is 2.01. The van der Waals surface area contributed by atoms with E-state index in [0.717, 1.165) is 33.6 Å². The highest BCUT2D eigenvalue weighted by atomic mass is 35.5. The van der Waals surface area contributed by atoms with E-state index in [1.54, 1.807) is 24.4 Å². The van der Waals surface area contributed by atoms with Crippen LogP contribution < -0.4 is 11.5 Å². The van der Waals surface area contributed by atoms with Crippen LogP contribution in [0.5, 0.6) is 0 Å². The summed E-state index contributed by atoms with van der Waals surface area (Å²) in [4.78, 5) is 23.7. The molecule has 6 nitrogen and oxygen atoms in total. The third kappa shape index (κ3) is 3.58. The van der Waals surface area contributed by atoms with Crippen LogP contribution in [0.4, 0.5) is 5.95 Å². The highest BCUT2D eigenvalue weighted by Gasteiger charge is 2.19. The van der Waals surface area contributed by atoms with Crippen molar-refractivity contribution < 1.29 is 4.79 Å². The van der Waals surface area contributed by atoms with Crippen LogP contribution in [0.15, 0.2) is 60.8 Å². The van der Waals surface area contributed by atoms with Crippen LogP contribution in [0.3, 0.4) is 0 Å². The second-order valence-electron chi connectivity index (χ2n) is 6.64. The van der Waals surface area contributed by atoms with Crippen LogP contribution in [0.25, 0.3) is 33.8 Å². The molecule has 29 heavy (non-hydrogen) atoms. The first-order chi connectivity index (χ1) is 13.9. The van der Waals surface area contributed by atoms with Gasteiger partial charge in [-0.25, -0.2) is 9.97 Å². The van der Waals surface area contributed by atoms with Crippen molar-refractivity contribution >= 4 is 23.5 Å². The summed E-state index contributed by atoms with van der Waals surface area (Å²) in [5.41, 5.74) is 17.5. The number of aryl methyl sites for hydroxylation is 1. The summed E-state index contributed by atoms with van der Waals surface area (Å²) in [5.74, 6) is -0.319. The van der Waals surface area contributed by atoms with Crippen LogP contribution in [-0.2, 0) is 0 Å². The van der Waals surface area contributed by atoms with Crippen LogP contribution in [0, 0.1) is 6.92 Å². The quantitative estimate of drug-likeness (QED) is 0.467. The Morgan fingerprint density at radius 2 is 1.83 bits per heavy atom. The molecule has 2 aromatic heterocycles. The zero-order valence-corrected chi connectivity index (χ0v) is 16.4. The van der Waals surface area contributed by atoms with Gasteiger partial charge in [-0.05, 0) is 48.4 Å². The Morgan fingerprint density at radius 1 is 1.03 bits per heavy atom. The summed E-state index contributed by atoms with van der Waals surface area (Å²) in [5, 5.41) is 0.613. The minimum Gasteiger partial charge on any atom is -0.368 e. The van der Waals surface area contributed by atoms with Crippen LogP contribution >= 0.6 is 11.6 Å². The molecule has 5 N–H and O–H groups in total. The Morgan fingerprint density at radius 3 is 2.59 bits per heavy atom. The van der Waals surface area contributed by atoms with Crippen molar-refractivity contribution in [3.05, 3.63) is 76.9 Å². The maximum Gasteiger partial charge on any atom is 0.249 e. The van der Waals surface area contributed by atoms with Gasteiger partial charge in [0.1, 0.15) is 0 Å². The standard InChI is InChI=1S/C22H18ClN5O/c1-12-6-7-13(23)10-16(12)20-17(14-4-2-3-5-15(14)21(24)29)11-19(27-20)18-8-9-26-22(25)28-18/h2-11,27H,1H3,(H2,24,29)(H2,25,26,28). The van der Waals surface area contributed by atoms with E-state index < -0.39 is 5.91 Å². The molecule has 4 aromatic rings. The molecule has 0 radical (unpaired) electrons. The number of amides is 1. The van der Waals surface area contributed by atoms with E-state index in [2.05, 4.69) is 15.0 Å². The number of rotatable bonds is 4. The topological polar surface area (TPSA) is 111 Å². The van der Waals surface area contributed by atoms with Crippen molar-refractivity contribution in [2.24, 2.45) is 5.73 Å². The monoisotopic (exact) mass is 403 g/mol. The largest absolute Gasteiger partial charge is 0.368 e. The van der Waals surface area contributed by atoms with Crippen molar-refractivity contribution in [3.8, 4) is 33.8 Å². The Bertz CT molecular complexity index is 1230. The molecule has 0 fully saturated rings. The maximum absolute atomic E-state index is 12.0. The molecule has 0 saturated carbocycles. The molecule has 7 heteroatoms. The number of primary amides is 1. The molecule has 0 atom stereocenters. The van der Waals surface area contributed by atoms with Crippen molar-refractivity contribution in [3.63, 3.8) is 0 Å². The number of anilines is 1. The maximum atomic E-state index is 12.0. The highest BCUT2D eigenvalue weighted by molar-refractivity contribution is 6.31. The van der Waals surface area contributed by atoms with Gasteiger partial charge in [-0.15, -0.1) is 0 Å². The van der Waals surface area contributed by atoms with Gasteiger partial charge < -0.3 is 16.5 Å². The summed E-state index contributed by atoms with van der Waals surface area (Å²) >= 11 is 6.27. The number of nitrogens with zero attached hydrogens (tertiary/aromatic N) is 2. The van der Waals surface area contributed by atoms with Crippen molar-refractivity contribution in [1.82, 2.24) is 15.0 Å². The molecule has 144 valence electrons. The lowest BCUT2D eigenvalue weighted by molar-refractivity contribution is 0.100. The zero-order chi connectivity index (χ0) is 20.5. The zero-order valence-electron chi connectivity index (χ0n) is 15.6. The Labute approximate surface area is 172 Å². The third-order valence-electron chi connectivity index (χ3n) is 4.72. The highest BCUT2D eigenvalue weighted by Crippen LogP contribution is 2.39. The summed E-state index contributed by atoms with van der Waals surface area (Å²) in [6.07, 6.45) is 1.60. The number of halogens is 1. The van der Waals surface area contributed by atoms with Crippen LogP contribution in [-0.4, -0.2) is 20.9 Å². The minimum absolute atomic E-state index is 0.177. The van der Waals surface area contributed by atoms with E-state index in [-0.39, 0.29) is 5.95 Å². The third-order valence-corrected chi connectivity index (χ3v) is 4.95. The molecule has 0 aliphatic rings. The average Bonchev–Trinajstić information content (AvgIpc) is 3.15. The molecule has 0 aliphatic carbocycles. The fourth-order valence-corrected chi connectivity index (χ4v) is 3.51. The van der Waals surface area contributed by atoms with Gasteiger partial charge >= 0.3 is 0 Å². The molecule has 1 amide bonds. The van der Waals surface area contributed by atoms with Gasteiger partial charge in [0.25, 0.3) is 0 Å².